The van der Waals surface area contributed by atoms with Crippen molar-refractivity contribution in [3.63, 3.8) is 0 Å². The van der Waals surface area contributed by atoms with Crippen LogP contribution in [0.25, 0.3) is 5.57 Å². The summed E-state index contributed by atoms with van der Waals surface area (Å²) in [5.41, 5.74) is -0.225. The molecule has 1 atom stereocenters. The maximum absolute atomic E-state index is 13.7. The third-order valence-electron chi connectivity index (χ3n) is 3.09. The van der Waals surface area contributed by atoms with Crippen LogP contribution >= 0.6 is 0 Å². The molecule has 0 unspecified atom stereocenters. The van der Waals surface area contributed by atoms with E-state index in [1.54, 1.807) is 13.8 Å². The fourth-order valence-corrected chi connectivity index (χ4v) is 2.11. The second-order valence-electron chi connectivity index (χ2n) is 4.77. The van der Waals surface area contributed by atoms with Gasteiger partial charge in [0, 0.05) is 5.56 Å². The quantitative estimate of drug-likeness (QED) is 0.867. The van der Waals surface area contributed by atoms with Gasteiger partial charge in [0.05, 0.1) is 7.11 Å². The number of ether oxygens (including phenoxy) is 2. The first-order chi connectivity index (χ1) is 9.38. The Morgan fingerprint density at radius 1 is 1.35 bits per heavy atom. The number of esters is 1. The number of hydrogen-bond acceptors (Lipinski definition) is 4. The summed E-state index contributed by atoms with van der Waals surface area (Å²) in [5, 5.41) is 10.1. The minimum atomic E-state index is -1.22. The van der Waals surface area contributed by atoms with Gasteiger partial charge in [0.25, 0.3) is 0 Å². The number of aliphatic hydroxyl groups is 1. The first-order valence-electron chi connectivity index (χ1n) is 6.05. The van der Waals surface area contributed by atoms with Crippen molar-refractivity contribution in [2.45, 2.75) is 20.0 Å². The lowest BCUT2D eigenvalue weighted by Crippen LogP contribution is -2.18. The molecule has 1 aromatic carbocycles. The second-order valence-corrected chi connectivity index (χ2v) is 4.77. The Kier molecular flexibility index (Phi) is 3.65. The van der Waals surface area contributed by atoms with Crippen molar-refractivity contribution in [3.05, 3.63) is 35.1 Å². The molecule has 0 spiro atoms. The lowest BCUT2D eigenvalue weighted by atomic mass is 9.99. The van der Waals surface area contributed by atoms with Crippen molar-refractivity contribution in [1.82, 2.24) is 0 Å². The molecule has 1 aromatic rings. The van der Waals surface area contributed by atoms with Crippen LogP contribution in [0.2, 0.25) is 0 Å². The lowest BCUT2D eigenvalue weighted by Gasteiger charge is -2.13. The molecule has 0 radical (unpaired) electrons. The Morgan fingerprint density at radius 3 is 2.50 bits per heavy atom. The van der Waals surface area contributed by atoms with Crippen molar-refractivity contribution in [2.75, 3.05) is 7.11 Å². The van der Waals surface area contributed by atoms with Gasteiger partial charge in [-0.05, 0) is 18.1 Å². The van der Waals surface area contributed by atoms with Gasteiger partial charge in [0.15, 0.2) is 17.7 Å². The molecule has 0 saturated carbocycles. The van der Waals surface area contributed by atoms with Gasteiger partial charge >= 0.3 is 5.97 Å². The summed E-state index contributed by atoms with van der Waals surface area (Å²) in [5.74, 6) is -3.98. The van der Waals surface area contributed by atoms with Gasteiger partial charge in [0.1, 0.15) is 11.3 Å². The van der Waals surface area contributed by atoms with Crippen LogP contribution in [-0.2, 0) is 9.53 Å². The van der Waals surface area contributed by atoms with Crippen molar-refractivity contribution >= 4 is 11.5 Å². The molecule has 20 heavy (non-hydrogen) atoms. The van der Waals surface area contributed by atoms with Gasteiger partial charge < -0.3 is 14.6 Å². The SMILES string of the molecule is COc1c(C2=C(O)[C@H](C(C)C)OC2=O)ccc(F)c1F. The van der Waals surface area contributed by atoms with E-state index in [0.29, 0.717) is 0 Å². The Morgan fingerprint density at radius 2 is 2.00 bits per heavy atom. The van der Waals surface area contributed by atoms with Gasteiger partial charge in [0.2, 0.25) is 5.82 Å². The van der Waals surface area contributed by atoms with Crippen LogP contribution in [-0.4, -0.2) is 24.3 Å². The van der Waals surface area contributed by atoms with E-state index in [9.17, 15) is 18.7 Å². The molecular formula is C14H14F2O4. The number of hydrogen-bond donors (Lipinski definition) is 1. The highest BCUT2D eigenvalue weighted by Crippen LogP contribution is 2.38. The highest BCUT2D eigenvalue weighted by molar-refractivity contribution is 6.20. The molecule has 4 nitrogen and oxygen atoms in total. The van der Waals surface area contributed by atoms with E-state index in [1.165, 1.54) is 6.07 Å². The number of halogens is 2. The number of carbonyl (C=O) groups excluding carboxylic acids is 1. The molecule has 0 aliphatic carbocycles. The van der Waals surface area contributed by atoms with Crippen LogP contribution in [0.15, 0.2) is 17.9 Å². The topological polar surface area (TPSA) is 55.8 Å². The van der Waals surface area contributed by atoms with Crippen molar-refractivity contribution < 1.29 is 28.2 Å². The Hall–Kier alpha value is -2.11. The normalized spacial score (nSPS) is 18.7. The zero-order valence-electron chi connectivity index (χ0n) is 11.2. The molecular weight excluding hydrogens is 270 g/mol. The minimum absolute atomic E-state index is 0.0305. The number of aliphatic hydroxyl groups excluding tert-OH is 1. The monoisotopic (exact) mass is 284 g/mol. The lowest BCUT2D eigenvalue weighted by molar-refractivity contribution is -0.140. The summed E-state index contributed by atoms with van der Waals surface area (Å²) >= 11 is 0. The molecule has 108 valence electrons. The minimum Gasteiger partial charge on any atom is -0.507 e. The molecule has 1 heterocycles. The number of rotatable bonds is 3. The molecule has 0 amide bonds. The smallest absolute Gasteiger partial charge is 0.343 e. The average Bonchev–Trinajstić information content (AvgIpc) is 2.68. The van der Waals surface area contributed by atoms with Crippen LogP contribution in [0.4, 0.5) is 8.78 Å². The highest BCUT2D eigenvalue weighted by atomic mass is 19.2. The summed E-state index contributed by atoms with van der Waals surface area (Å²) in [6, 6.07) is 2.04. The zero-order chi connectivity index (χ0) is 15.0. The van der Waals surface area contributed by atoms with Gasteiger partial charge in [-0.25, -0.2) is 9.18 Å². The van der Waals surface area contributed by atoms with Crippen LogP contribution < -0.4 is 4.74 Å². The van der Waals surface area contributed by atoms with E-state index in [2.05, 4.69) is 0 Å². The molecule has 2 rings (SSSR count). The predicted octanol–water partition coefficient (Wildman–Crippen LogP) is 2.82. The summed E-state index contributed by atoms with van der Waals surface area (Å²) in [6.07, 6.45) is -0.796. The standard InChI is InChI=1S/C14H14F2O4/c1-6(2)12-11(17)9(14(18)20-12)7-4-5-8(15)10(16)13(7)19-3/h4-6,12,17H,1-3H3/t12-/m0/s1. The maximum Gasteiger partial charge on any atom is 0.343 e. The summed E-state index contributed by atoms with van der Waals surface area (Å²) in [7, 11) is 1.15. The van der Waals surface area contributed by atoms with Gasteiger partial charge in [-0.15, -0.1) is 0 Å². The molecule has 0 aromatic heterocycles. The van der Waals surface area contributed by atoms with Crippen molar-refractivity contribution in [1.29, 1.82) is 0 Å². The van der Waals surface area contributed by atoms with E-state index >= 15 is 0 Å². The predicted molar refractivity (Wildman–Crippen MR) is 67.2 cm³/mol. The molecule has 6 heteroatoms. The second kappa shape index (κ2) is 5.11. The van der Waals surface area contributed by atoms with E-state index in [1.807, 2.05) is 0 Å². The molecule has 1 aliphatic rings. The van der Waals surface area contributed by atoms with E-state index < -0.39 is 29.5 Å². The average molecular weight is 284 g/mol. The third-order valence-corrected chi connectivity index (χ3v) is 3.09. The fraction of sp³-hybridized carbons (Fsp3) is 0.357. The third kappa shape index (κ3) is 2.11. The highest BCUT2D eigenvalue weighted by Gasteiger charge is 2.38. The fourth-order valence-electron chi connectivity index (χ4n) is 2.11. The van der Waals surface area contributed by atoms with Crippen LogP contribution in [0, 0.1) is 17.6 Å². The summed E-state index contributed by atoms with van der Waals surface area (Å²) in [4.78, 5) is 11.9. The molecule has 1 aliphatic heterocycles. The number of benzene rings is 1. The van der Waals surface area contributed by atoms with E-state index in [-0.39, 0.29) is 22.8 Å². The molecule has 0 saturated heterocycles. The van der Waals surface area contributed by atoms with E-state index in [4.69, 9.17) is 9.47 Å². The van der Waals surface area contributed by atoms with Crippen LogP contribution in [0.1, 0.15) is 19.4 Å². The van der Waals surface area contributed by atoms with Crippen molar-refractivity contribution in [3.8, 4) is 5.75 Å². The van der Waals surface area contributed by atoms with Gasteiger partial charge in [-0.3, -0.25) is 0 Å². The Labute approximate surface area is 114 Å². The molecule has 1 N–H and O–H groups in total. The molecule has 0 bridgehead atoms. The summed E-state index contributed by atoms with van der Waals surface area (Å²) in [6.45, 7) is 3.53. The van der Waals surface area contributed by atoms with Crippen LogP contribution in [0.5, 0.6) is 5.75 Å². The first-order valence-corrected chi connectivity index (χ1v) is 6.05. The largest absolute Gasteiger partial charge is 0.507 e. The zero-order valence-corrected chi connectivity index (χ0v) is 11.2. The Balaban J connectivity index is 2.62. The van der Waals surface area contributed by atoms with E-state index in [0.717, 1.165) is 13.2 Å². The van der Waals surface area contributed by atoms with Gasteiger partial charge in [-0.2, -0.15) is 4.39 Å². The maximum atomic E-state index is 13.7. The van der Waals surface area contributed by atoms with Gasteiger partial charge in [-0.1, -0.05) is 13.8 Å². The number of methoxy groups -OCH3 is 1. The number of carbonyl (C=O) groups is 1. The first kappa shape index (κ1) is 14.3. The Bertz CT molecular complexity index is 593. The molecule has 0 fully saturated rings. The number of cyclic esters (lactones) is 1. The van der Waals surface area contributed by atoms with Crippen molar-refractivity contribution in [2.24, 2.45) is 5.92 Å². The summed E-state index contributed by atoms with van der Waals surface area (Å²) < 4.78 is 36.7. The van der Waals surface area contributed by atoms with Crippen LogP contribution in [0.3, 0.4) is 0 Å².